The van der Waals surface area contributed by atoms with Gasteiger partial charge in [-0.1, -0.05) is 23.1 Å². The van der Waals surface area contributed by atoms with Gasteiger partial charge in [-0.25, -0.2) is 0 Å². The Kier molecular flexibility index (Phi) is 4.33. The van der Waals surface area contributed by atoms with E-state index in [0.29, 0.717) is 11.3 Å². The van der Waals surface area contributed by atoms with Crippen LogP contribution in [0.4, 0.5) is 0 Å². The predicted octanol–water partition coefficient (Wildman–Crippen LogP) is 3.04. The Morgan fingerprint density at radius 1 is 1.50 bits per heavy atom. The third kappa shape index (κ3) is 3.08. The molecule has 1 heterocycles. The highest BCUT2D eigenvalue weighted by Crippen LogP contribution is 2.29. The fourth-order valence-electron chi connectivity index (χ4n) is 1.48. The molecule has 0 unspecified atom stereocenters. The number of aromatic nitrogens is 2. The zero-order chi connectivity index (χ0) is 13.0. The van der Waals surface area contributed by atoms with Crippen molar-refractivity contribution in [3.05, 3.63) is 34.8 Å². The number of thioether (sulfide) groups is 1. The number of rotatable bonds is 5. The molecule has 0 amide bonds. The third-order valence-corrected chi connectivity index (χ3v) is 4.29. The molecule has 0 fully saturated rings. The minimum absolute atomic E-state index is 0.0554. The van der Waals surface area contributed by atoms with Gasteiger partial charge >= 0.3 is 0 Å². The molecule has 0 atom stereocenters. The first-order valence-electron chi connectivity index (χ1n) is 5.27. The second-order valence-corrected chi connectivity index (χ2v) is 5.63. The summed E-state index contributed by atoms with van der Waals surface area (Å²) in [5.41, 5.74) is 3.39. The summed E-state index contributed by atoms with van der Waals surface area (Å²) >= 11 is 3.08. The Balaban J connectivity index is 2.18. The molecule has 0 aliphatic heterocycles. The van der Waals surface area contributed by atoms with E-state index >= 15 is 0 Å². The zero-order valence-electron chi connectivity index (χ0n) is 10.0. The smallest absolute Gasteiger partial charge is 0.174 e. The number of hydrogen-bond donors (Lipinski definition) is 0. The van der Waals surface area contributed by atoms with Gasteiger partial charge in [0, 0.05) is 16.9 Å². The lowest BCUT2D eigenvalue weighted by Gasteiger charge is -2.08. The van der Waals surface area contributed by atoms with E-state index in [9.17, 15) is 4.79 Å². The number of nitrogens with zero attached hydrogens (tertiary/aromatic N) is 2. The second kappa shape index (κ2) is 5.97. The van der Waals surface area contributed by atoms with Crippen LogP contribution in [-0.4, -0.2) is 23.1 Å². The van der Waals surface area contributed by atoms with E-state index in [1.54, 1.807) is 37.4 Å². The summed E-state index contributed by atoms with van der Waals surface area (Å²) in [6, 6.07) is 5.47. The van der Waals surface area contributed by atoms with E-state index in [4.69, 9.17) is 4.74 Å². The average molecular weight is 280 g/mol. The van der Waals surface area contributed by atoms with Crippen molar-refractivity contribution >= 4 is 28.9 Å². The Hall–Kier alpha value is -1.40. The van der Waals surface area contributed by atoms with Gasteiger partial charge in [0.1, 0.15) is 11.3 Å². The lowest BCUT2D eigenvalue weighted by atomic mass is 10.1. The monoisotopic (exact) mass is 280 g/mol. The molecule has 0 aliphatic rings. The number of carbonyl (C=O) groups is 1. The highest BCUT2D eigenvalue weighted by Gasteiger charge is 2.08. The van der Waals surface area contributed by atoms with Crippen molar-refractivity contribution in [1.29, 1.82) is 0 Å². The normalized spacial score (nSPS) is 10.3. The van der Waals surface area contributed by atoms with Crippen LogP contribution >= 0.6 is 23.1 Å². The first-order valence-corrected chi connectivity index (χ1v) is 7.14. The highest BCUT2D eigenvalue weighted by molar-refractivity contribution is 8.00. The van der Waals surface area contributed by atoms with Gasteiger partial charge in [0.05, 0.1) is 7.11 Å². The molecule has 2 rings (SSSR count). The van der Waals surface area contributed by atoms with Crippen molar-refractivity contribution < 1.29 is 9.53 Å². The van der Waals surface area contributed by atoms with Crippen molar-refractivity contribution in [3.8, 4) is 5.75 Å². The van der Waals surface area contributed by atoms with Gasteiger partial charge in [0.25, 0.3) is 0 Å². The molecule has 94 valence electrons. The summed E-state index contributed by atoms with van der Waals surface area (Å²) in [5, 5.41) is 7.75. The fourth-order valence-corrected chi connectivity index (χ4v) is 2.94. The van der Waals surface area contributed by atoms with Crippen LogP contribution in [0.25, 0.3) is 0 Å². The lowest BCUT2D eigenvalue weighted by Crippen LogP contribution is -1.96. The molecule has 6 heteroatoms. The molecule has 1 aromatic heterocycles. The minimum atomic E-state index is 0.0554. The summed E-state index contributed by atoms with van der Waals surface area (Å²) in [6.45, 7) is 1.56. The van der Waals surface area contributed by atoms with Crippen LogP contribution in [0.1, 0.15) is 22.8 Å². The molecule has 0 bridgehead atoms. The summed E-state index contributed by atoms with van der Waals surface area (Å²) in [7, 11) is 1.63. The van der Waals surface area contributed by atoms with E-state index in [1.165, 1.54) is 11.3 Å². The summed E-state index contributed by atoms with van der Waals surface area (Å²) in [4.78, 5) is 11.4. The molecular formula is C12H12N2O2S2. The molecule has 0 saturated carbocycles. The van der Waals surface area contributed by atoms with Gasteiger partial charge in [0.15, 0.2) is 10.1 Å². The van der Waals surface area contributed by atoms with Crippen molar-refractivity contribution in [2.75, 3.05) is 7.11 Å². The highest BCUT2D eigenvalue weighted by atomic mass is 32.2. The SMILES string of the molecule is COc1ccc(C(C)=O)cc1CSc1nncs1. The molecule has 1 aromatic carbocycles. The number of methoxy groups -OCH3 is 1. The Morgan fingerprint density at radius 3 is 2.94 bits per heavy atom. The molecule has 0 aliphatic carbocycles. The standard InChI is InChI=1S/C12H12N2O2S2/c1-8(15)9-3-4-11(16-2)10(5-9)6-17-12-14-13-7-18-12/h3-5,7H,6H2,1-2H3. The van der Waals surface area contributed by atoms with Gasteiger partial charge in [-0.05, 0) is 25.1 Å². The van der Waals surface area contributed by atoms with Gasteiger partial charge in [-0.2, -0.15) is 0 Å². The predicted molar refractivity (Wildman–Crippen MR) is 72.5 cm³/mol. The van der Waals surface area contributed by atoms with Crippen LogP contribution in [-0.2, 0) is 5.75 Å². The van der Waals surface area contributed by atoms with Gasteiger partial charge in [0.2, 0.25) is 0 Å². The van der Waals surface area contributed by atoms with Crippen LogP contribution in [0.15, 0.2) is 28.0 Å². The first-order chi connectivity index (χ1) is 8.70. The number of carbonyl (C=O) groups excluding carboxylic acids is 1. The molecule has 2 aromatic rings. The van der Waals surface area contributed by atoms with Crippen LogP contribution in [0.5, 0.6) is 5.75 Å². The van der Waals surface area contributed by atoms with Crippen molar-refractivity contribution in [2.24, 2.45) is 0 Å². The maximum Gasteiger partial charge on any atom is 0.174 e. The molecule has 18 heavy (non-hydrogen) atoms. The number of Topliss-reactive ketones (excluding diaryl/α,β-unsaturated/α-hetero) is 1. The van der Waals surface area contributed by atoms with E-state index in [0.717, 1.165) is 15.7 Å². The van der Waals surface area contributed by atoms with Crippen LogP contribution in [0.2, 0.25) is 0 Å². The summed E-state index contributed by atoms with van der Waals surface area (Å²) in [5.74, 6) is 1.55. The molecule has 4 nitrogen and oxygen atoms in total. The molecule has 0 saturated heterocycles. The lowest BCUT2D eigenvalue weighted by molar-refractivity contribution is 0.101. The maximum absolute atomic E-state index is 11.4. The van der Waals surface area contributed by atoms with Crippen LogP contribution in [0, 0.1) is 0 Å². The Labute approximate surface area is 113 Å². The average Bonchev–Trinajstić information content (AvgIpc) is 2.89. The van der Waals surface area contributed by atoms with Crippen molar-refractivity contribution in [2.45, 2.75) is 17.0 Å². The number of benzene rings is 1. The topological polar surface area (TPSA) is 52.1 Å². The van der Waals surface area contributed by atoms with Crippen molar-refractivity contribution in [1.82, 2.24) is 10.2 Å². The van der Waals surface area contributed by atoms with Crippen LogP contribution < -0.4 is 4.74 Å². The first kappa shape index (κ1) is 13.0. The van der Waals surface area contributed by atoms with Crippen LogP contribution in [0.3, 0.4) is 0 Å². The molecule has 0 spiro atoms. The zero-order valence-corrected chi connectivity index (χ0v) is 11.7. The number of ketones is 1. The largest absolute Gasteiger partial charge is 0.496 e. The fraction of sp³-hybridized carbons (Fsp3) is 0.250. The van der Waals surface area contributed by atoms with Gasteiger partial charge in [-0.15, -0.1) is 10.2 Å². The van der Waals surface area contributed by atoms with Crippen molar-refractivity contribution in [3.63, 3.8) is 0 Å². The second-order valence-electron chi connectivity index (χ2n) is 3.58. The van der Waals surface area contributed by atoms with E-state index < -0.39 is 0 Å². The summed E-state index contributed by atoms with van der Waals surface area (Å²) in [6.07, 6.45) is 0. The summed E-state index contributed by atoms with van der Waals surface area (Å²) < 4.78 is 6.20. The molecule has 0 N–H and O–H groups in total. The number of ether oxygens (including phenoxy) is 1. The number of hydrogen-bond acceptors (Lipinski definition) is 6. The maximum atomic E-state index is 11.4. The third-order valence-electron chi connectivity index (χ3n) is 2.38. The molecular weight excluding hydrogens is 268 g/mol. The van der Waals surface area contributed by atoms with E-state index in [1.807, 2.05) is 12.1 Å². The van der Waals surface area contributed by atoms with Gasteiger partial charge < -0.3 is 4.74 Å². The Morgan fingerprint density at radius 2 is 2.33 bits per heavy atom. The van der Waals surface area contributed by atoms with E-state index in [2.05, 4.69) is 10.2 Å². The Bertz CT molecular complexity index is 541. The van der Waals surface area contributed by atoms with Gasteiger partial charge in [-0.3, -0.25) is 4.79 Å². The quantitative estimate of drug-likeness (QED) is 0.622. The molecule has 0 radical (unpaired) electrons. The minimum Gasteiger partial charge on any atom is -0.496 e. The van der Waals surface area contributed by atoms with E-state index in [-0.39, 0.29) is 5.78 Å².